The Bertz CT molecular complexity index is 2550. The number of benzene rings is 3. The lowest BCUT2D eigenvalue weighted by molar-refractivity contribution is -0.148. The summed E-state index contributed by atoms with van der Waals surface area (Å²) in [7, 11) is 1.50. The lowest BCUT2D eigenvalue weighted by Crippen LogP contribution is -2.35. The number of methoxy groups -OCH3 is 1. The van der Waals surface area contributed by atoms with Gasteiger partial charge in [-0.25, -0.2) is 0 Å². The summed E-state index contributed by atoms with van der Waals surface area (Å²) >= 11 is 0. The molecule has 2 aromatic heterocycles. The number of hydrogen-bond donors (Lipinski definition) is 4. The Labute approximate surface area is 362 Å². The Kier molecular flexibility index (Phi) is 12.7. The Hall–Kier alpha value is -6.49. The largest absolute Gasteiger partial charge is 0.508 e. The second-order valence-electron chi connectivity index (χ2n) is 17.0. The summed E-state index contributed by atoms with van der Waals surface area (Å²) in [4.78, 5) is 45.1. The van der Waals surface area contributed by atoms with E-state index in [0.29, 0.717) is 38.1 Å². The highest BCUT2D eigenvalue weighted by Crippen LogP contribution is 2.42. The number of aromatic hydroxyl groups is 2. The normalized spacial score (nSPS) is 22.1. The van der Waals surface area contributed by atoms with Gasteiger partial charge in [0.05, 0.1) is 18.8 Å². The number of aromatic amines is 1. The van der Waals surface area contributed by atoms with Crippen LogP contribution in [0.4, 0.5) is 5.69 Å². The molecule has 0 spiro atoms. The molecule has 0 saturated carbocycles. The monoisotopic (exact) mass is 836 g/mol. The van der Waals surface area contributed by atoms with Crippen LogP contribution in [0.25, 0.3) is 10.8 Å². The number of aromatic nitrogens is 2. The molecule has 62 heavy (non-hydrogen) atoms. The number of H-pyrrole nitrogens is 1. The van der Waals surface area contributed by atoms with Crippen LogP contribution in [0, 0.1) is 5.92 Å². The van der Waals surface area contributed by atoms with E-state index in [1.165, 1.54) is 25.2 Å². The molecule has 4 heterocycles. The van der Waals surface area contributed by atoms with E-state index in [0.717, 1.165) is 58.2 Å². The molecule has 2 aliphatic heterocycles. The molecule has 322 valence electrons. The number of esters is 1. The van der Waals surface area contributed by atoms with Crippen LogP contribution in [0.1, 0.15) is 98.9 Å². The van der Waals surface area contributed by atoms with Crippen molar-refractivity contribution in [3.8, 4) is 17.2 Å². The van der Waals surface area contributed by atoms with Gasteiger partial charge in [0, 0.05) is 86.7 Å². The maximum absolute atomic E-state index is 14.3. The van der Waals surface area contributed by atoms with E-state index in [-0.39, 0.29) is 53.7 Å². The molecule has 0 unspecified atom stereocenters. The molecule has 11 heteroatoms. The van der Waals surface area contributed by atoms with E-state index in [1.54, 1.807) is 25.1 Å². The highest BCUT2D eigenvalue weighted by Gasteiger charge is 2.31. The molecule has 0 radical (unpaired) electrons. The van der Waals surface area contributed by atoms with Crippen molar-refractivity contribution in [2.24, 2.45) is 5.92 Å². The average molecular weight is 837 g/mol. The van der Waals surface area contributed by atoms with E-state index in [2.05, 4.69) is 70.2 Å². The van der Waals surface area contributed by atoms with Crippen molar-refractivity contribution in [1.82, 2.24) is 14.9 Å². The summed E-state index contributed by atoms with van der Waals surface area (Å²) in [6, 6.07) is 18.3. The van der Waals surface area contributed by atoms with Gasteiger partial charge in [-0.05, 0) is 109 Å². The fraction of sp³-hybridized carbons (Fsp3) is 0.353. The molecule has 0 fully saturated rings. The predicted octanol–water partition coefficient (Wildman–Crippen LogP) is 9.29. The van der Waals surface area contributed by atoms with Gasteiger partial charge in [0.2, 0.25) is 0 Å². The van der Waals surface area contributed by atoms with Crippen LogP contribution in [0.2, 0.25) is 0 Å². The van der Waals surface area contributed by atoms with Gasteiger partial charge >= 0.3 is 5.97 Å². The van der Waals surface area contributed by atoms with E-state index < -0.39 is 18.1 Å². The Morgan fingerprint density at radius 1 is 0.919 bits per heavy atom. The van der Waals surface area contributed by atoms with Crippen molar-refractivity contribution in [3.05, 3.63) is 143 Å². The second-order valence-corrected chi connectivity index (χ2v) is 17.0. The van der Waals surface area contributed by atoms with Gasteiger partial charge in [0.15, 0.2) is 11.5 Å². The van der Waals surface area contributed by atoms with Gasteiger partial charge in [0.1, 0.15) is 29.2 Å². The summed E-state index contributed by atoms with van der Waals surface area (Å²) in [6.45, 7) is 4.00. The third-order valence-corrected chi connectivity index (χ3v) is 12.8. The minimum absolute atomic E-state index is 0.00289. The predicted molar refractivity (Wildman–Crippen MR) is 241 cm³/mol. The van der Waals surface area contributed by atoms with Gasteiger partial charge in [-0.15, -0.1) is 0 Å². The van der Waals surface area contributed by atoms with Crippen LogP contribution < -0.4 is 15.0 Å². The van der Waals surface area contributed by atoms with E-state index in [4.69, 9.17) is 9.47 Å². The number of allylic oxidation sites excluding steroid dienone is 4. The molecule has 1 aliphatic carbocycles. The van der Waals surface area contributed by atoms with Crippen molar-refractivity contribution in [3.63, 3.8) is 0 Å². The van der Waals surface area contributed by atoms with Crippen molar-refractivity contribution in [2.45, 2.75) is 89.2 Å². The number of phenols is 2. The van der Waals surface area contributed by atoms with Crippen molar-refractivity contribution in [1.29, 1.82) is 0 Å². The SMILES string of the molecule is COc1cc([C@H]2CC(=O)C[C@H](OC(C)=O)CC[C@H]3CCC=C[C@@H]3c3c[nH]cc3C[C@@H](c3cccc(O)c3)C3=CCNC(=C3)N(CCC(C)=O)c3cccc4cn2cc34)ccc1O. The van der Waals surface area contributed by atoms with Crippen LogP contribution in [0.3, 0.4) is 0 Å². The van der Waals surface area contributed by atoms with Gasteiger partial charge in [0.25, 0.3) is 0 Å². The van der Waals surface area contributed by atoms with Crippen LogP contribution in [-0.4, -0.2) is 63.6 Å². The van der Waals surface area contributed by atoms with E-state index >= 15 is 0 Å². The Morgan fingerprint density at radius 2 is 1.77 bits per heavy atom. The van der Waals surface area contributed by atoms with Gasteiger partial charge in [-0.3, -0.25) is 14.4 Å². The van der Waals surface area contributed by atoms with Gasteiger partial charge in [-0.2, -0.15) is 0 Å². The number of carbonyl (C=O) groups excluding carboxylic acids is 3. The smallest absolute Gasteiger partial charge is 0.302 e. The van der Waals surface area contributed by atoms with Crippen LogP contribution in [0.5, 0.6) is 17.2 Å². The zero-order valence-electron chi connectivity index (χ0n) is 35.7. The Morgan fingerprint density at radius 3 is 2.58 bits per heavy atom. The fourth-order valence-electron chi connectivity index (χ4n) is 9.73. The maximum atomic E-state index is 14.3. The standard InChI is InChI=1S/C51H56N4O7/c1-32(56)19-21-55-47-13-7-10-38-30-54(31-46(38)47)48(37-15-17-49(60)50(24-37)61-3)27-41(59)26-42(62-33(2)57)16-14-34-8-4-5-12-43(34)45-29-52-28-39(45)23-44(35-9-6-11-40(58)22-35)36-18-20-53-51(55)25-36/h5-7,9-13,15,17-18,22,24-25,28-31,34,42-44,48,52-53,58,60H,4,8,14,16,19-21,23,26-27H2,1-3H3/t34-,42-,43+,44+,48-/m1/s1. The van der Waals surface area contributed by atoms with Gasteiger partial charge < -0.3 is 39.5 Å². The lowest BCUT2D eigenvalue weighted by Gasteiger charge is -2.33. The number of phenolic OH excluding ortho intramolecular Hbond substituents is 2. The molecular formula is C51H56N4O7. The third-order valence-electron chi connectivity index (χ3n) is 12.8. The van der Waals surface area contributed by atoms with Crippen molar-refractivity contribution in [2.75, 3.05) is 25.1 Å². The molecule has 0 amide bonds. The topological polar surface area (TPSA) is 146 Å². The Balaban J connectivity index is 1.29. The highest BCUT2D eigenvalue weighted by molar-refractivity contribution is 5.95. The maximum Gasteiger partial charge on any atom is 0.302 e. The lowest BCUT2D eigenvalue weighted by atomic mass is 9.75. The first-order valence-corrected chi connectivity index (χ1v) is 21.7. The summed E-state index contributed by atoms with van der Waals surface area (Å²) in [5.41, 5.74) is 6.16. The zero-order valence-corrected chi connectivity index (χ0v) is 35.7. The first-order valence-electron chi connectivity index (χ1n) is 21.7. The number of hydrogen-bond acceptors (Lipinski definition) is 9. The number of ether oxygens (including phenoxy) is 2. The number of anilines is 1. The minimum Gasteiger partial charge on any atom is -0.508 e. The molecule has 3 aromatic carbocycles. The molecule has 8 rings (SSSR count). The van der Waals surface area contributed by atoms with Crippen molar-refractivity contribution < 1.29 is 34.1 Å². The van der Waals surface area contributed by atoms with E-state index in [9.17, 15) is 24.6 Å². The quantitative estimate of drug-likeness (QED) is 0.0931. The zero-order chi connectivity index (χ0) is 43.3. The summed E-state index contributed by atoms with van der Waals surface area (Å²) in [6.07, 6.45) is 21.1. The van der Waals surface area contributed by atoms with Crippen molar-refractivity contribution >= 4 is 34.0 Å². The number of Topliss-reactive ketones (excluding diaryl/α,β-unsaturated/α-hetero) is 2. The van der Waals surface area contributed by atoms with Crippen LogP contribution in [-0.2, 0) is 25.5 Å². The first-order chi connectivity index (χ1) is 30.0. The number of carbonyl (C=O) groups is 3. The number of nitrogens with one attached hydrogen (secondary N) is 2. The first kappa shape index (κ1) is 42.2. The molecule has 4 N–H and O–H groups in total. The molecule has 5 aromatic rings. The number of fused-ring (bicyclic) bond motifs is 5. The minimum atomic E-state index is -0.590. The summed E-state index contributed by atoms with van der Waals surface area (Å²) < 4.78 is 13.5. The highest BCUT2D eigenvalue weighted by atomic mass is 16.5. The number of rotatable bonds is 7. The summed E-state index contributed by atoms with van der Waals surface area (Å²) in [5.74, 6) is 1.23. The third kappa shape index (κ3) is 9.37. The number of ketones is 2. The summed E-state index contributed by atoms with van der Waals surface area (Å²) in [5, 5.41) is 26.8. The molecule has 5 atom stereocenters. The van der Waals surface area contributed by atoms with Crippen LogP contribution >= 0.6 is 0 Å². The van der Waals surface area contributed by atoms with Gasteiger partial charge in [-0.1, -0.05) is 48.6 Å². The second kappa shape index (κ2) is 18.6. The molecule has 4 bridgehead atoms. The molecule has 3 aliphatic rings. The number of nitrogens with zero attached hydrogens (tertiary/aromatic N) is 2. The molecule has 0 saturated heterocycles. The average Bonchev–Trinajstić information content (AvgIpc) is 3.91. The molecule has 11 nitrogen and oxygen atoms in total. The number of dihydropyridines is 1. The van der Waals surface area contributed by atoms with Crippen LogP contribution in [0.15, 0.2) is 121 Å². The van der Waals surface area contributed by atoms with E-state index in [1.807, 2.05) is 41.1 Å². The fourth-order valence-corrected chi connectivity index (χ4v) is 9.73. The molecular weight excluding hydrogens is 781 g/mol.